The SMILES string of the molecule is CCc1nc2cc(NCS(=O)O)ccc2n1-c1ccc(C(C)C(=O)O)cc1. The van der Waals surface area contributed by atoms with E-state index in [1.165, 1.54) is 0 Å². The average molecular weight is 387 g/mol. The zero-order valence-electron chi connectivity index (χ0n) is 15.0. The molecular weight excluding hydrogens is 366 g/mol. The average Bonchev–Trinajstić information content (AvgIpc) is 3.03. The minimum Gasteiger partial charge on any atom is -0.481 e. The van der Waals surface area contributed by atoms with Gasteiger partial charge in [-0.15, -0.1) is 0 Å². The second kappa shape index (κ2) is 7.89. The molecule has 0 aliphatic carbocycles. The monoisotopic (exact) mass is 387 g/mol. The van der Waals surface area contributed by atoms with Gasteiger partial charge in [-0.05, 0) is 42.8 Å². The Balaban J connectivity index is 2.00. The number of benzene rings is 2. The van der Waals surface area contributed by atoms with E-state index in [4.69, 9.17) is 9.66 Å². The van der Waals surface area contributed by atoms with Gasteiger partial charge in [0, 0.05) is 17.8 Å². The van der Waals surface area contributed by atoms with Crippen molar-refractivity contribution in [2.45, 2.75) is 26.2 Å². The first kappa shape index (κ1) is 19.1. The zero-order chi connectivity index (χ0) is 19.6. The third-order valence-corrected chi connectivity index (χ3v) is 4.85. The number of nitrogens with zero attached hydrogens (tertiary/aromatic N) is 2. The van der Waals surface area contributed by atoms with Gasteiger partial charge in [0.05, 0.1) is 17.0 Å². The molecule has 3 rings (SSSR count). The molecule has 0 radical (unpaired) electrons. The van der Waals surface area contributed by atoms with Crippen molar-refractivity contribution in [1.82, 2.24) is 9.55 Å². The maximum atomic E-state index is 11.2. The van der Waals surface area contributed by atoms with Gasteiger partial charge in [0.15, 0.2) is 11.1 Å². The molecule has 3 aromatic rings. The van der Waals surface area contributed by atoms with E-state index >= 15 is 0 Å². The fourth-order valence-corrected chi connectivity index (χ4v) is 3.26. The van der Waals surface area contributed by atoms with E-state index in [0.29, 0.717) is 0 Å². The number of fused-ring (bicyclic) bond motifs is 1. The van der Waals surface area contributed by atoms with Crippen LogP contribution in [0.5, 0.6) is 0 Å². The maximum absolute atomic E-state index is 11.2. The van der Waals surface area contributed by atoms with Crippen LogP contribution in [0.25, 0.3) is 16.7 Å². The van der Waals surface area contributed by atoms with Gasteiger partial charge in [0.2, 0.25) is 0 Å². The highest BCUT2D eigenvalue weighted by Crippen LogP contribution is 2.26. The summed E-state index contributed by atoms with van der Waals surface area (Å²) in [7, 11) is 0. The second-order valence-corrected chi connectivity index (χ2v) is 7.15. The molecule has 8 heteroatoms. The number of hydrogen-bond acceptors (Lipinski definition) is 4. The number of carbonyl (C=O) groups is 1. The second-order valence-electron chi connectivity index (χ2n) is 6.21. The number of rotatable bonds is 7. The molecule has 7 nitrogen and oxygen atoms in total. The molecule has 1 heterocycles. The van der Waals surface area contributed by atoms with Crippen molar-refractivity contribution >= 4 is 33.8 Å². The van der Waals surface area contributed by atoms with Crippen LogP contribution in [-0.4, -0.2) is 35.3 Å². The van der Waals surface area contributed by atoms with Crippen LogP contribution in [0.15, 0.2) is 42.5 Å². The molecule has 2 unspecified atom stereocenters. The first-order valence-corrected chi connectivity index (χ1v) is 9.84. The van der Waals surface area contributed by atoms with Gasteiger partial charge >= 0.3 is 5.97 Å². The van der Waals surface area contributed by atoms with Crippen molar-refractivity contribution < 1.29 is 18.7 Å². The predicted octanol–water partition coefficient (Wildman–Crippen LogP) is 3.37. The van der Waals surface area contributed by atoms with Crippen molar-refractivity contribution in [3.05, 3.63) is 53.9 Å². The minimum absolute atomic E-state index is 0.0456. The molecule has 0 spiro atoms. The number of anilines is 1. The Morgan fingerprint density at radius 2 is 1.96 bits per heavy atom. The van der Waals surface area contributed by atoms with Gasteiger partial charge in [-0.25, -0.2) is 9.19 Å². The summed E-state index contributed by atoms with van der Waals surface area (Å²) in [6.45, 7) is 3.68. The highest BCUT2D eigenvalue weighted by molar-refractivity contribution is 7.79. The summed E-state index contributed by atoms with van der Waals surface area (Å²) in [5, 5.41) is 12.1. The Hall–Kier alpha value is -2.71. The Morgan fingerprint density at radius 1 is 1.26 bits per heavy atom. The van der Waals surface area contributed by atoms with Crippen molar-refractivity contribution in [3.8, 4) is 5.69 Å². The standard InChI is InChI=1S/C19H21N3O4S/c1-3-18-21-16-10-14(20-11-27(25)26)6-9-17(16)22(18)15-7-4-13(5-8-15)12(2)19(23)24/h4-10,12,20H,3,11H2,1-2H3,(H,23,24)(H,25,26). The van der Waals surface area contributed by atoms with Crippen LogP contribution < -0.4 is 5.32 Å². The molecular formula is C19H21N3O4S. The largest absolute Gasteiger partial charge is 0.481 e. The van der Waals surface area contributed by atoms with E-state index < -0.39 is 23.0 Å². The normalized spacial score (nSPS) is 13.4. The molecule has 2 atom stereocenters. The van der Waals surface area contributed by atoms with Gasteiger partial charge < -0.3 is 15.0 Å². The molecule has 0 aliphatic rings. The first-order chi connectivity index (χ1) is 12.9. The van der Waals surface area contributed by atoms with Gasteiger partial charge in [0.1, 0.15) is 11.7 Å². The molecule has 0 bridgehead atoms. The van der Waals surface area contributed by atoms with E-state index in [0.717, 1.165) is 40.2 Å². The lowest BCUT2D eigenvalue weighted by molar-refractivity contribution is -0.138. The van der Waals surface area contributed by atoms with Crippen molar-refractivity contribution in [2.24, 2.45) is 0 Å². The molecule has 0 amide bonds. The molecule has 0 fully saturated rings. The highest BCUT2D eigenvalue weighted by atomic mass is 32.2. The van der Waals surface area contributed by atoms with Gasteiger partial charge in [-0.2, -0.15) is 0 Å². The van der Waals surface area contributed by atoms with Gasteiger partial charge in [-0.1, -0.05) is 19.1 Å². The lowest BCUT2D eigenvalue weighted by Gasteiger charge is -2.11. The highest BCUT2D eigenvalue weighted by Gasteiger charge is 2.15. The number of carboxylic acid groups (broad SMARTS) is 1. The van der Waals surface area contributed by atoms with Crippen LogP contribution in [0.3, 0.4) is 0 Å². The van der Waals surface area contributed by atoms with E-state index in [-0.39, 0.29) is 5.88 Å². The number of aryl methyl sites for hydroxylation is 1. The van der Waals surface area contributed by atoms with E-state index in [2.05, 4.69) is 10.3 Å². The zero-order valence-corrected chi connectivity index (χ0v) is 15.9. The summed E-state index contributed by atoms with van der Waals surface area (Å²) in [5.74, 6) is -0.577. The van der Waals surface area contributed by atoms with E-state index in [1.54, 1.807) is 6.92 Å². The van der Waals surface area contributed by atoms with Crippen molar-refractivity contribution in [2.75, 3.05) is 11.2 Å². The smallest absolute Gasteiger partial charge is 0.310 e. The molecule has 0 saturated heterocycles. The molecule has 27 heavy (non-hydrogen) atoms. The summed E-state index contributed by atoms with van der Waals surface area (Å²) in [5.41, 5.74) is 4.08. The summed E-state index contributed by atoms with van der Waals surface area (Å²) in [4.78, 5) is 15.8. The van der Waals surface area contributed by atoms with Crippen LogP contribution in [0, 0.1) is 0 Å². The fourth-order valence-electron chi connectivity index (χ4n) is 2.97. The number of aromatic nitrogens is 2. The molecule has 3 N–H and O–H groups in total. The maximum Gasteiger partial charge on any atom is 0.310 e. The summed E-state index contributed by atoms with van der Waals surface area (Å²) >= 11 is -1.92. The van der Waals surface area contributed by atoms with Crippen LogP contribution in [0.1, 0.15) is 31.2 Å². The lowest BCUT2D eigenvalue weighted by Crippen LogP contribution is -2.07. The Kier molecular flexibility index (Phi) is 5.57. The lowest BCUT2D eigenvalue weighted by atomic mass is 10.0. The number of imidazole rings is 1. The minimum atomic E-state index is -1.92. The van der Waals surface area contributed by atoms with Crippen LogP contribution in [-0.2, 0) is 22.3 Å². The Bertz CT molecular complexity index is 998. The number of aliphatic carboxylic acids is 1. The first-order valence-electron chi connectivity index (χ1n) is 8.56. The molecule has 0 aliphatic heterocycles. The van der Waals surface area contributed by atoms with Crippen LogP contribution >= 0.6 is 0 Å². The van der Waals surface area contributed by atoms with Gasteiger partial charge in [0.25, 0.3) is 0 Å². The summed E-state index contributed by atoms with van der Waals surface area (Å²) in [6.07, 6.45) is 0.728. The third-order valence-electron chi connectivity index (χ3n) is 4.46. The summed E-state index contributed by atoms with van der Waals surface area (Å²) < 4.78 is 21.8. The van der Waals surface area contributed by atoms with E-state index in [9.17, 15) is 9.00 Å². The molecule has 2 aromatic carbocycles. The molecule has 0 saturated carbocycles. The molecule has 142 valence electrons. The van der Waals surface area contributed by atoms with Crippen LogP contribution in [0.4, 0.5) is 5.69 Å². The van der Waals surface area contributed by atoms with E-state index in [1.807, 2.05) is 54.0 Å². The third kappa shape index (κ3) is 4.01. The van der Waals surface area contributed by atoms with Crippen molar-refractivity contribution in [3.63, 3.8) is 0 Å². The quantitative estimate of drug-likeness (QED) is 0.537. The van der Waals surface area contributed by atoms with Crippen LogP contribution in [0.2, 0.25) is 0 Å². The summed E-state index contributed by atoms with van der Waals surface area (Å²) in [6, 6.07) is 13.0. The van der Waals surface area contributed by atoms with Gasteiger partial charge in [-0.3, -0.25) is 9.36 Å². The number of hydrogen-bond donors (Lipinski definition) is 3. The number of nitrogens with one attached hydrogen (secondary N) is 1. The number of carboxylic acids is 1. The fraction of sp³-hybridized carbons (Fsp3) is 0.263. The molecule has 1 aromatic heterocycles. The topological polar surface area (TPSA) is 104 Å². The Labute approximate surface area is 159 Å². The predicted molar refractivity (Wildman–Crippen MR) is 106 cm³/mol. The van der Waals surface area contributed by atoms with Crippen molar-refractivity contribution in [1.29, 1.82) is 0 Å². The Morgan fingerprint density at radius 3 is 2.56 bits per heavy atom.